The maximum Gasteiger partial charge on any atom is 0.251 e. The molecule has 0 bridgehead atoms. The number of hydrogen-bond donors (Lipinski definition) is 1. The van der Waals surface area contributed by atoms with Crippen LogP contribution in [0.15, 0.2) is 42.6 Å². The van der Waals surface area contributed by atoms with Gasteiger partial charge >= 0.3 is 0 Å². The maximum absolute atomic E-state index is 12.3. The van der Waals surface area contributed by atoms with E-state index in [1.54, 1.807) is 25.4 Å². The molecule has 1 atom stereocenters. The second-order valence-electron chi connectivity index (χ2n) is 5.80. The van der Waals surface area contributed by atoms with Gasteiger partial charge in [0.2, 0.25) is 5.88 Å². The molecular formula is C19H22N2O4. The van der Waals surface area contributed by atoms with Crippen LogP contribution in [-0.2, 0) is 11.2 Å². The summed E-state index contributed by atoms with van der Waals surface area (Å²) in [5.41, 5.74) is 1.59. The van der Waals surface area contributed by atoms with E-state index in [9.17, 15) is 4.79 Å². The lowest BCUT2D eigenvalue weighted by molar-refractivity contribution is 0.0952. The van der Waals surface area contributed by atoms with Crippen molar-refractivity contribution in [3.8, 4) is 11.6 Å². The molecule has 1 aromatic carbocycles. The predicted octanol–water partition coefficient (Wildman–Crippen LogP) is 2.23. The van der Waals surface area contributed by atoms with E-state index in [2.05, 4.69) is 10.3 Å². The molecule has 0 saturated carbocycles. The summed E-state index contributed by atoms with van der Waals surface area (Å²) in [5.74, 6) is 1.13. The molecule has 1 saturated heterocycles. The summed E-state index contributed by atoms with van der Waals surface area (Å²) >= 11 is 0. The van der Waals surface area contributed by atoms with Gasteiger partial charge in [-0.2, -0.15) is 0 Å². The van der Waals surface area contributed by atoms with Crippen molar-refractivity contribution in [3.05, 3.63) is 53.7 Å². The van der Waals surface area contributed by atoms with E-state index in [0.29, 0.717) is 37.6 Å². The monoisotopic (exact) mass is 342 g/mol. The molecule has 6 heteroatoms. The van der Waals surface area contributed by atoms with Crippen molar-refractivity contribution in [2.75, 3.05) is 26.9 Å². The number of nitrogens with one attached hydrogen (secondary N) is 1. The fourth-order valence-electron chi connectivity index (χ4n) is 2.71. The van der Waals surface area contributed by atoms with Gasteiger partial charge in [0.15, 0.2) is 0 Å². The van der Waals surface area contributed by atoms with Crippen LogP contribution in [0.1, 0.15) is 22.3 Å². The Morgan fingerprint density at radius 2 is 2.24 bits per heavy atom. The highest BCUT2D eigenvalue weighted by molar-refractivity contribution is 5.94. The number of carbonyl (C=O) groups excluding carboxylic acids is 1. The van der Waals surface area contributed by atoms with Crippen LogP contribution in [0, 0.1) is 0 Å². The second kappa shape index (κ2) is 8.48. The van der Waals surface area contributed by atoms with Crippen LogP contribution in [0.2, 0.25) is 0 Å². The zero-order valence-corrected chi connectivity index (χ0v) is 14.2. The van der Waals surface area contributed by atoms with Crippen molar-refractivity contribution in [2.45, 2.75) is 18.9 Å². The lowest BCUT2D eigenvalue weighted by Gasteiger charge is -2.12. The Balaban J connectivity index is 1.54. The topological polar surface area (TPSA) is 69.7 Å². The zero-order valence-electron chi connectivity index (χ0n) is 14.2. The number of amides is 1. The third-order valence-electron chi connectivity index (χ3n) is 4.04. The molecule has 0 radical (unpaired) electrons. The molecule has 0 unspecified atom stereocenters. The van der Waals surface area contributed by atoms with Gasteiger partial charge in [-0.05, 0) is 24.1 Å². The molecule has 1 fully saturated rings. The van der Waals surface area contributed by atoms with E-state index in [-0.39, 0.29) is 12.0 Å². The number of benzene rings is 1. The van der Waals surface area contributed by atoms with E-state index >= 15 is 0 Å². The first-order valence-electron chi connectivity index (χ1n) is 8.37. The van der Waals surface area contributed by atoms with E-state index in [0.717, 1.165) is 17.7 Å². The van der Waals surface area contributed by atoms with Gasteiger partial charge in [-0.25, -0.2) is 4.98 Å². The van der Waals surface area contributed by atoms with Gasteiger partial charge in [-0.15, -0.1) is 0 Å². The van der Waals surface area contributed by atoms with Crippen LogP contribution in [-0.4, -0.2) is 43.9 Å². The Hall–Kier alpha value is -2.60. The lowest BCUT2D eigenvalue weighted by atomic mass is 10.1. The van der Waals surface area contributed by atoms with Crippen LogP contribution in [0.3, 0.4) is 0 Å². The van der Waals surface area contributed by atoms with Crippen molar-refractivity contribution in [1.29, 1.82) is 0 Å². The lowest BCUT2D eigenvalue weighted by Crippen LogP contribution is -2.26. The molecule has 1 aliphatic rings. The number of methoxy groups -OCH3 is 1. The fraction of sp³-hybridized carbons (Fsp3) is 0.368. The number of para-hydroxylation sites is 1. The molecule has 2 heterocycles. The highest BCUT2D eigenvalue weighted by atomic mass is 16.5. The minimum absolute atomic E-state index is 0.0105. The van der Waals surface area contributed by atoms with Crippen LogP contribution in [0.5, 0.6) is 11.6 Å². The van der Waals surface area contributed by atoms with Crippen LogP contribution in [0.4, 0.5) is 0 Å². The predicted molar refractivity (Wildman–Crippen MR) is 93.1 cm³/mol. The Kier molecular flexibility index (Phi) is 5.85. The molecule has 3 rings (SSSR count). The first-order chi connectivity index (χ1) is 12.3. The quantitative estimate of drug-likeness (QED) is 0.836. The molecule has 1 aromatic heterocycles. The minimum Gasteiger partial charge on any atom is -0.496 e. The fourth-order valence-corrected chi connectivity index (χ4v) is 2.71. The molecular weight excluding hydrogens is 320 g/mol. The summed E-state index contributed by atoms with van der Waals surface area (Å²) in [6.45, 7) is 1.79. The van der Waals surface area contributed by atoms with Crippen molar-refractivity contribution >= 4 is 5.91 Å². The number of ether oxygens (including phenoxy) is 3. The van der Waals surface area contributed by atoms with Gasteiger partial charge in [-0.1, -0.05) is 18.2 Å². The van der Waals surface area contributed by atoms with E-state index in [1.165, 1.54) is 0 Å². The van der Waals surface area contributed by atoms with Gasteiger partial charge in [0.25, 0.3) is 5.91 Å². The Labute approximate surface area is 147 Å². The molecule has 25 heavy (non-hydrogen) atoms. The van der Waals surface area contributed by atoms with Crippen molar-refractivity contribution < 1.29 is 19.0 Å². The summed E-state index contributed by atoms with van der Waals surface area (Å²) in [5, 5.41) is 2.92. The molecule has 1 N–H and O–H groups in total. The minimum atomic E-state index is -0.148. The summed E-state index contributed by atoms with van der Waals surface area (Å²) in [6, 6.07) is 11.1. The summed E-state index contributed by atoms with van der Waals surface area (Å²) < 4.78 is 16.3. The molecule has 132 valence electrons. The molecule has 1 amide bonds. The number of carbonyl (C=O) groups is 1. The first-order valence-corrected chi connectivity index (χ1v) is 8.37. The standard InChI is InChI=1S/C19H22N2O4/c1-23-17-5-3-2-4-14(17)6-10-21-19(22)15-7-9-20-18(12-15)25-16-8-11-24-13-16/h2-5,7,9,12,16H,6,8,10-11,13H2,1H3,(H,21,22)/t16-/m0/s1. The van der Waals surface area contributed by atoms with Gasteiger partial charge in [0.1, 0.15) is 11.9 Å². The highest BCUT2D eigenvalue weighted by Crippen LogP contribution is 2.18. The summed E-state index contributed by atoms with van der Waals surface area (Å²) in [4.78, 5) is 16.5. The van der Waals surface area contributed by atoms with Crippen molar-refractivity contribution in [2.24, 2.45) is 0 Å². The molecule has 6 nitrogen and oxygen atoms in total. The molecule has 1 aliphatic heterocycles. The highest BCUT2D eigenvalue weighted by Gasteiger charge is 2.18. The Bertz CT molecular complexity index is 714. The van der Waals surface area contributed by atoms with Crippen molar-refractivity contribution in [3.63, 3.8) is 0 Å². The third kappa shape index (κ3) is 4.70. The zero-order chi connectivity index (χ0) is 17.5. The second-order valence-corrected chi connectivity index (χ2v) is 5.80. The smallest absolute Gasteiger partial charge is 0.251 e. The molecule has 0 spiro atoms. The average Bonchev–Trinajstić information content (AvgIpc) is 3.15. The van der Waals surface area contributed by atoms with E-state index in [4.69, 9.17) is 14.2 Å². The maximum atomic E-state index is 12.3. The number of nitrogens with zero attached hydrogens (tertiary/aromatic N) is 1. The number of pyridine rings is 1. The molecule has 0 aliphatic carbocycles. The largest absolute Gasteiger partial charge is 0.496 e. The first kappa shape index (κ1) is 17.2. The van der Waals surface area contributed by atoms with Gasteiger partial charge in [-0.3, -0.25) is 4.79 Å². The average molecular weight is 342 g/mol. The van der Waals surface area contributed by atoms with Crippen molar-refractivity contribution in [1.82, 2.24) is 10.3 Å². The van der Waals surface area contributed by atoms with Crippen LogP contribution >= 0.6 is 0 Å². The third-order valence-corrected chi connectivity index (χ3v) is 4.04. The van der Waals surface area contributed by atoms with Gasteiger partial charge in [0.05, 0.1) is 20.3 Å². The normalized spacial score (nSPS) is 16.4. The summed E-state index contributed by atoms with van der Waals surface area (Å²) in [6.07, 6.45) is 3.14. The number of hydrogen-bond acceptors (Lipinski definition) is 5. The SMILES string of the molecule is COc1ccccc1CCNC(=O)c1ccnc(O[C@H]2CCOC2)c1. The van der Waals surface area contributed by atoms with Crippen LogP contribution < -0.4 is 14.8 Å². The van der Waals surface area contributed by atoms with Gasteiger partial charge in [0, 0.05) is 30.8 Å². The van der Waals surface area contributed by atoms with Crippen LogP contribution in [0.25, 0.3) is 0 Å². The number of aromatic nitrogens is 1. The number of rotatable bonds is 7. The van der Waals surface area contributed by atoms with E-state index in [1.807, 2.05) is 24.3 Å². The Morgan fingerprint density at radius 1 is 1.36 bits per heavy atom. The van der Waals surface area contributed by atoms with Gasteiger partial charge < -0.3 is 19.5 Å². The Morgan fingerprint density at radius 3 is 3.04 bits per heavy atom. The molecule has 2 aromatic rings. The van der Waals surface area contributed by atoms with E-state index < -0.39 is 0 Å². The summed E-state index contributed by atoms with van der Waals surface area (Å²) in [7, 11) is 1.64.